The predicted octanol–water partition coefficient (Wildman–Crippen LogP) is -0.717. The van der Waals surface area contributed by atoms with Crippen LogP contribution in [-0.4, -0.2) is 71.9 Å². The van der Waals surface area contributed by atoms with Crippen LogP contribution < -0.4 is 5.43 Å². The lowest BCUT2D eigenvalue weighted by atomic mass is 9.89. The Kier molecular flexibility index (Phi) is 4.71. The highest BCUT2D eigenvalue weighted by atomic mass is 16.5. The fourth-order valence-corrected chi connectivity index (χ4v) is 3.64. The molecular weight excluding hydrogens is 404 g/mol. The van der Waals surface area contributed by atoms with Gasteiger partial charge >= 0.3 is 0 Å². The fourth-order valence-electron chi connectivity index (χ4n) is 3.64. The molecule has 8 N–H and O–H groups in total. The van der Waals surface area contributed by atoms with Crippen molar-refractivity contribution in [2.75, 3.05) is 6.61 Å². The number of phenols is 4. The molecule has 0 unspecified atom stereocenters. The molecule has 2 heterocycles. The van der Waals surface area contributed by atoms with Crippen molar-refractivity contribution >= 4 is 21.9 Å². The van der Waals surface area contributed by atoms with Crippen LogP contribution >= 0.6 is 0 Å². The highest BCUT2D eigenvalue weighted by Crippen LogP contribution is 2.45. The summed E-state index contributed by atoms with van der Waals surface area (Å²) in [5.41, 5.74) is -1.66. The number of aliphatic hydroxyl groups excluding tert-OH is 4. The standard InChI is InChI=1S/C19H18O11/c20-4-11-15(25)17(27)18(28)19(30-11)12-8(23)3-10-13(16(12)26)14(24)5-1-6(21)7(22)2-9(5)29-10/h1-3,11,15,17-23,25-28H,4H2/t11-,15+,17+,18-,19-/m0/s1. The third-order valence-corrected chi connectivity index (χ3v) is 5.23. The van der Waals surface area contributed by atoms with Crippen molar-refractivity contribution in [1.29, 1.82) is 0 Å². The predicted molar refractivity (Wildman–Crippen MR) is 99.4 cm³/mol. The fraction of sp³-hybridized carbons (Fsp3) is 0.316. The molecule has 11 heteroatoms. The third-order valence-electron chi connectivity index (χ3n) is 5.23. The van der Waals surface area contributed by atoms with Crippen LogP contribution in [-0.2, 0) is 4.74 Å². The molecule has 0 spiro atoms. The summed E-state index contributed by atoms with van der Waals surface area (Å²) in [6.45, 7) is -0.730. The molecule has 0 radical (unpaired) electrons. The Morgan fingerprint density at radius 3 is 2.13 bits per heavy atom. The van der Waals surface area contributed by atoms with E-state index in [1.165, 1.54) is 0 Å². The molecular formula is C19H18O11. The maximum Gasteiger partial charge on any atom is 0.204 e. The molecule has 5 atom stereocenters. The van der Waals surface area contributed by atoms with Crippen LogP contribution in [0.3, 0.4) is 0 Å². The Morgan fingerprint density at radius 1 is 0.833 bits per heavy atom. The topological polar surface area (TPSA) is 201 Å². The van der Waals surface area contributed by atoms with E-state index in [1.807, 2.05) is 0 Å². The highest BCUT2D eigenvalue weighted by Gasteiger charge is 2.46. The van der Waals surface area contributed by atoms with Gasteiger partial charge in [0, 0.05) is 12.1 Å². The van der Waals surface area contributed by atoms with E-state index in [9.17, 15) is 45.6 Å². The molecule has 0 saturated carbocycles. The van der Waals surface area contributed by atoms with E-state index in [2.05, 4.69) is 0 Å². The van der Waals surface area contributed by atoms with E-state index < -0.39 is 76.5 Å². The summed E-state index contributed by atoms with van der Waals surface area (Å²) in [7, 11) is 0. The van der Waals surface area contributed by atoms with Crippen LogP contribution in [0.5, 0.6) is 23.0 Å². The van der Waals surface area contributed by atoms with Crippen molar-refractivity contribution in [3.05, 3.63) is 34.0 Å². The van der Waals surface area contributed by atoms with Crippen LogP contribution in [0.25, 0.3) is 21.9 Å². The van der Waals surface area contributed by atoms with Gasteiger partial charge in [0.15, 0.2) is 11.5 Å². The van der Waals surface area contributed by atoms with Crippen LogP contribution in [0, 0.1) is 0 Å². The number of aliphatic hydroxyl groups is 4. The second kappa shape index (κ2) is 7.00. The van der Waals surface area contributed by atoms with Crippen LogP contribution in [0.1, 0.15) is 11.7 Å². The molecule has 4 rings (SSSR count). The smallest absolute Gasteiger partial charge is 0.204 e. The molecule has 1 fully saturated rings. The van der Waals surface area contributed by atoms with Crippen LogP contribution in [0.15, 0.2) is 27.4 Å². The molecule has 0 bridgehead atoms. The number of hydrogen-bond acceptors (Lipinski definition) is 11. The number of ether oxygens (including phenoxy) is 1. The lowest BCUT2D eigenvalue weighted by molar-refractivity contribution is -0.232. The van der Waals surface area contributed by atoms with E-state index in [-0.39, 0.29) is 16.6 Å². The zero-order valence-electron chi connectivity index (χ0n) is 15.1. The first-order valence-corrected chi connectivity index (χ1v) is 8.83. The summed E-state index contributed by atoms with van der Waals surface area (Å²) in [4.78, 5) is 12.9. The number of rotatable bonds is 2. The molecule has 2 aromatic carbocycles. The zero-order chi connectivity index (χ0) is 21.9. The summed E-state index contributed by atoms with van der Waals surface area (Å²) >= 11 is 0. The zero-order valence-corrected chi connectivity index (χ0v) is 15.1. The highest BCUT2D eigenvalue weighted by molar-refractivity contribution is 5.96. The van der Waals surface area contributed by atoms with E-state index in [4.69, 9.17) is 9.15 Å². The van der Waals surface area contributed by atoms with Crippen LogP contribution in [0.4, 0.5) is 0 Å². The second-order valence-electron chi connectivity index (χ2n) is 7.05. The maximum atomic E-state index is 12.9. The van der Waals surface area contributed by atoms with Crippen molar-refractivity contribution in [2.24, 2.45) is 0 Å². The van der Waals surface area contributed by atoms with Crippen molar-refractivity contribution in [3.8, 4) is 23.0 Å². The Balaban J connectivity index is 1.98. The second-order valence-corrected chi connectivity index (χ2v) is 7.05. The summed E-state index contributed by atoms with van der Waals surface area (Å²) < 4.78 is 10.8. The van der Waals surface area contributed by atoms with Crippen molar-refractivity contribution in [1.82, 2.24) is 0 Å². The molecule has 0 amide bonds. The summed E-state index contributed by atoms with van der Waals surface area (Å²) in [5, 5.41) is 79.4. The van der Waals surface area contributed by atoms with E-state index in [0.29, 0.717) is 0 Å². The van der Waals surface area contributed by atoms with Gasteiger partial charge in [-0.25, -0.2) is 0 Å². The lowest BCUT2D eigenvalue weighted by Gasteiger charge is -2.40. The number of benzene rings is 2. The summed E-state index contributed by atoms with van der Waals surface area (Å²) in [6.07, 6.45) is -8.16. The minimum Gasteiger partial charge on any atom is -0.507 e. The molecule has 1 aliphatic rings. The minimum atomic E-state index is -1.81. The van der Waals surface area contributed by atoms with E-state index in [1.54, 1.807) is 0 Å². The Hall–Kier alpha value is -3.09. The van der Waals surface area contributed by atoms with Gasteiger partial charge in [-0.15, -0.1) is 0 Å². The monoisotopic (exact) mass is 422 g/mol. The Labute approximate surface area is 166 Å². The number of fused-ring (bicyclic) bond motifs is 2. The number of phenolic OH excluding ortho intramolecular Hbond substituents is 4. The first kappa shape index (κ1) is 20.2. The van der Waals surface area contributed by atoms with Crippen LogP contribution in [0.2, 0.25) is 0 Å². The largest absolute Gasteiger partial charge is 0.507 e. The average Bonchev–Trinajstić information content (AvgIpc) is 2.69. The van der Waals surface area contributed by atoms with Gasteiger partial charge in [0.1, 0.15) is 58.6 Å². The molecule has 1 saturated heterocycles. The molecule has 3 aromatic rings. The van der Waals surface area contributed by atoms with Crippen molar-refractivity contribution < 1.29 is 50.0 Å². The van der Waals surface area contributed by atoms with Crippen molar-refractivity contribution in [2.45, 2.75) is 30.5 Å². The number of aromatic hydroxyl groups is 4. The van der Waals surface area contributed by atoms with Gasteiger partial charge in [-0.2, -0.15) is 0 Å². The van der Waals surface area contributed by atoms with Gasteiger partial charge in [-0.05, 0) is 6.07 Å². The van der Waals surface area contributed by atoms with E-state index in [0.717, 1.165) is 18.2 Å². The maximum absolute atomic E-state index is 12.9. The van der Waals surface area contributed by atoms with Crippen molar-refractivity contribution in [3.63, 3.8) is 0 Å². The molecule has 160 valence electrons. The quantitative estimate of drug-likeness (QED) is 0.191. The molecule has 30 heavy (non-hydrogen) atoms. The van der Waals surface area contributed by atoms with E-state index >= 15 is 0 Å². The SMILES string of the molecule is O=c1c2cc(O)c(O)cc2oc2cc(O)c([C@@H]3O[C@@H](CO)[C@@H](O)[C@@H](O)[C@@H]3O)c(O)c12. The first-order chi connectivity index (χ1) is 14.1. The average molecular weight is 422 g/mol. The third kappa shape index (κ3) is 2.83. The first-order valence-electron chi connectivity index (χ1n) is 8.83. The lowest BCUT2D eigenvalue weighted by Crippen LogP contribution is -2.55. The molecule has 11 nitrogen and oxygen atoms in total. The van der Waals surface area contributed by atoms with Gasteiger partial charge in [0.2, 0.25) is 5.43 Å². The van der Waals surface area contributed by atoms with Gasteiger partial charge in [0.05, 0.1) is 17.6 Å². The van der Waals surface area contributed by atoms with Gasteiger partial charge < -0.3 is 50.0 Å². The van der Waals surface area contributed by atoms with Gasteiger partial charge in [-0.3, -0.25) is 4.79 Å². The van der Waals surface area contributed by atoms with Gasteiger partial charge in [0.25, 0.3) is 0 Å². The Bertz CT molecular complexity index is 1200. The summed E-state index contributed by atoms with van der Waals surface area (Å²) in [6, 6.07) is 2.90. The molecule has 1 aliphatic heterocycles. The molecule has 0 aliphatic carbocycles. The minimum absolute atomic E-state index is 0.123. The molecule has 1 aromatic heterocycles. The normalized spacial score (nSPS) is 27.0. The number of hydrogen-bond donors (Lipinski definition) is 8. The Morgan fingerprint density at radius 2 is 1.47 bits per heavy atom. The van der Waals surface area contributed by atoms with Gasteiger partial charge in [-0.1, -0.05) is 0 Å². The summed E-state index contributed by atoms with van der Waals surface area (Å²) in [5.74, 6) is -2.62.